The molecule has 4 nitrogen and oxygen atoms in total. The van der Waals surface area contributed by atoms with Gasteiger partial charge in [-0.2, -0.15) is 0 Å². The molecule has 1 aromatic carbocycles. The second kappa shape index (κ2) is 6.02. The summed E-state index contributed by atoms with van der Waals surface area (Å²) >= 11 is 3.52. The lowest BCUT2D eigenvalue weighted by atomic mass is 10.0. The van der Waals surface area contributed by atoms with Gasteiger partial charge in [0.15, 0.2) is 5.43 Å². The first-order chi connectivity index (χ1) is 9.84. The van der Waals surface area contributed by atoms with Crippen LogP contribution in [0.25, 0.3) is 10.9 Å². The van der Waals surface area contributed by atoms with E-state index in [1.165, 1.54) is 0 Å². The van der Waals surface area contributed by atoms with Gasteiger partial charge in [-0.1, -0.05) is 6.07 Å². The Morgan fingerprint density at radius 2 is 2.05 bits per heavy atom. The third-order valence-electron chi connectivity index (χ3n) is 3.65. The second-order valence-electron chi connectivity index (χ2n) is 5.39. The highest BCUT2D eigenvalue weighted by atomic mass is 79.9. The van der Waals surface area contributed by atoms with Crippen molar-refractivity contribution in [2.45, 2.75) is 39.7 Å². The maximum Gasteiger partial charge on any atom is 0.303 e. The molecule has 1 N–H and O–H groups in total. The van der Waals surface area contributed by atoms with Gasteiger partial charge in [-0.15, -0.1) is 0 Å². The summed E-state index contributed by atoms with van der Waals surface area (Å²) in [6.45, 7) is 5.99. The van der Waals surface area contributed by atoms with E-state index in [0.717, 1.165) is 15.7 Å². The zero-order valence-corrected chi connectivity index (χ0v) is 13.9. The van der Waals surface area contributed by atoms with Gasteiger partial charge in [0.2, 0.25) is 0 Å². The molecule has 0 unspecified atom stereocenters. The predicted octanol–water partition coefficient (Wildman–Crippen LogP) is 3.67. The van der Waals surface area contributed by atoms with E-state index < -0.39 is 5.97 Å². The van der Waals surface area contributed by atoms with Crippen molar-refractivity contribution in [2.75, 3.05) is 0 Å². The van der Waals surface area contributed by atoms with Crippen LogP contribution < -0.4 is 5.43 Å². The van der Waals surface area contributed by atoms with Crippen LogP contribution in [0.15, 0.2) is 27.5 Å². The highest BCUT2D eigenvalue weighted by molar-refractivity contribution is 9.10. The molecule has 0 aliphatic rings. The van der Waals surface area contributed by atoms with Crippen LogP contribution in [0.5, 0.6) is 0 Å². The van der Waals surface area contributed by atoms with Crippen LogP contribution in [0.4, 0.5) is 0 Å². The minimum Gasteiger partial charge on any atom is -0.481 e. The van der Waals surface area contributed by atoms with Crippen molar-refractivity contribution >= 4 is 32.8 Å². The summed E-state index contributed by atoms with van der Waals surface area (Å²) in [7, 11) is 0. The summed E-state index contributed by atoms with van der Waals surface area (Å²) in [4.78, 5) is 23.5. The Kier molecular flexibility index (Phi) is 4.52. The molecule has 5 heteroatoms. The van der Waals surface area contributed by atoms with Gasteiger partial charge in [-0.05, 0) is 55.3 Å². The molecule has 1 aromatic heterocycles. The van der Waals surface area contributed by atoms with Crippen LogP contribution >= 0.6 is 15.9 Å². The van der Waals surface area contributed by atoms with Gasteiger partial charge in [0.1, 0.15) is 0 Å². The molecule has 0 bridgehead atoms. The predicted molar refractivity (Wildman–Crippen MR) is 87.0 cm³/mol. The third kappa shape index (κ3) is 2.88. The molecule has 0 aliphatic carbocycles. The zero-order valence-electron chi connectivity index (χ0n) is 12.3. The van der Waals surface area contributed by atoms with E-state index in [-0.39, 0.29) is 24.3 Å². The number of rotatable bonds is 4. The van der Waals surface area contributed by atoms with Gasteiger partial charge >= 0.3 is 5.97 Å². The van der Waals surface area contributed by atoms with E-state index in [1.54, 1.807) is 6.07 Å². The molecule has 2 rings (SSSR count). The first-order valence-corrected chi connectivity index (χ1v) is 7.68. The van der Waals surface area contributed by atoms with Gasteiger partial charge in [0.05, 0.1) is 5.52 Å². The fraction of sp³-hybridized carbons (Fsp3) is 0.375. The number of fused-ring (bicyclic) bond motifs is 1. The zero-order chi connectivity index (χ0) is 15.7. The van der Waals surface area contributed by atoms with Crippen LogP contribution in [0.1, 0.15) is 37.6 Å². The summed E-state index contributed by atoms with van der Waals surface area (Å²) < 4.78 is 2.97. The number of carbonyl (C=O) groups is 1. The molecule has 0 radical (unpaired) electrons. The maximum atomic E-state index is 12.7. The number of benzene rings is 1. The number of hydrogen-bond donors (Lipinski definition) is 1. The Morgan fingerprint density at radius 1 is 1.38 bits per heavy atom. The molecule has 21 heavy (non-hydrogen) atoms. The van der Waals surface area contributed by atoms with Crippen LogP contribution in [-0.2, 0) is 11.2 Å². The van der Waals surface area contributed by atoms with Crippen molar-refractivity contribution in [3.63, 3.8) is 0 Å². The van der Waals surface area contributed by atoms with E-state index in [2.05, 4.69) is 34.3 Å². The fourth-order valence-electron chi connectivity index (χ4n) is 2.76. The lowest BCUT2D eigenvalue weighted by molar-refractivity contribution is -0.136. The minimum atomic E-state index is -0.890. The Morgan fingerprint density at radius 3 is 2.62 bits per heavy atom. The first kappa shape index (κ1) is 15.8. The monoisotopic (exact) mass is 351 g/mol. The van der Waals surface area contributed by atoms with Crippen LogP contribution in [0, 0.1) is 6.92 Å². The van der Waals surface area contributed by atoms with E-state index in [4.69, 9.17) is 5.11 Å². The smallest absolute Gasteiger partial charge is 0.303 e. The number of carboxylic acids is 1. The average molecular weight is 352 g/mol. The van der Waals surface area contributed by atoms with Gasteiger partial charge in [0.25, 0.3) is 0 Å². The molecular weight excluding hydrogens is 334 g/mol. The SMILES string of the molecule is Cc1c(CCC(=O)O)c(=O)c2cccc(Br)c2n1C(C)C. The lowest BCUT2D eigenvalue weighted by Gasteiger charge is -2.22. The highest BCUT2D eigenvalue weighted by Gasteiger charge is 2.17. The Labute approximate surface area is 131 Å². The quantitative estimate of drug-likeness (QED) is 0.913. The van der Waals surface area contributed by atoms with Gasteiger partial charge in [-0.25, -0.2) is 0 Å². The highest BCUT2D eigenvalue weighted by Crippen LogP contribution is 2.27. The van der Waals surface area contributed by atoms with Gasteiger partial charge in [0, 0.05) is 33.6 Å². The standard InChI is InChI=1S/C16H18BrNO3/c1-9(2)18-10(3)11(7-8-14(19)20)16(21)12-5-4-6-13(17)15(12)18/h4-6,9H,7-8H2,1-3H3,(H,19,20). The van der Waals surface area contributed by atoms with Crippen molar-refractivity contribution in [1.29, 1.82) is 0 Å². The second-order valence-corrected chi connectivity index (χ2v) is 6.24. The number of para-hydroxylation sites is 1. The molecular formula is C16H18BrNO3. The summed E-state index contributed by atoms with van der Waals surface area (Å²) in [5.74, 6) is -0.890. The topological polar surface area (TPSA) is 59.3 Å². The molecule has 0 fully saturated rings. The summed E-state index contributed by atoms with van der Waals surface area (Å²) in [6.07, 6.45) is 0.225. The summed E-state index contributed by atoms with van der Waals surface area (Å²) in [5, 5.41) is 9.50. The average Bonchev–Trinajstić information content (AvgIpc) is 2.39. The van der Waals surface area contributed by atoms with Crippen molar-refractivity contribution < 1.29 is 9.90 Å². The molecule has 0 atom stereocenters. The van der Waals surface area contributed by atoms with E-state index in [9.17, 15) is 9.59 Å². The number of pyridine rings is 1. The Hall–Kier alpha value is -1.62. The van der Waals surface area contributed by atoms with Crippen molar-refractivity contribution in [2.24, 2.45) is 0 Å². The maximum absolute atomic E-state index is 12.7. The third-order valence-corrected chi connectivity index (χ3v) is 4.29. The molecule has 0 saturated carbocycles. The van der Waals surface area contributed by atoms with Crippen molar-refractivity contribution in [3.8, 4) is 0 Å². The number of nitrogens with zero attached hydrogens (tertiary/aromatic N) is 1. The van der Waals surface area contributed by atoms with Crippen LogP contribution in [-0.4, -0.2) is 15.6 Å². The molecule has 0 aliphatic heterocycles. The molecule has 2 aromatic rings. The first-order valence-electron chi connectivity index (χ1n) is 6.88. The van der Waals surface area contributed by atoms with E-state index in [0.29, 0.717) is 10.9 Å². The molecule has 112 valence electrons. The normalized spacial score (nSPS) is 11.3. The van der Waals surface area contributed by atoms with E-state index >= 15 is 0 Å². The molecule has 0 amide bonds. The van der Waals surface area contributed by atoms with Crippen LogP contribution in [0.3, 0.4) is 0 Å². The number of halogens is 1. The van der Waals surface area contributed by atoms with Crippen molar-refractivity contribution in [1.82, 2.24) is 4.57 Å². The largest absolute Gasteiger partial charge is 0.481 e. The van der Waals surface area contributed by atoms with Crippen LogP contribution in [0.2, 0.25) is 0 Å². The Balaban J connectivity index is 2.83. The lowest BCUT2D eigenvalue weighted by Crippen LogP contribution is -2.21. The number of hydrogen-bond acceptors (Lipinski definition) is 2. The number of carboxylic acid groups (broad SMARTS) is 1. The minimum absolute atomic E-state index is 0.0340. The fourth-order valence-corrected chi connectivity index (χ4v) is 3.31. The molecule has 0 saturated heterocycles. The number of aromatic nitrogens is 1. The molecule has 1 heterocycles. The molecule has 0 spiro atoms. The van der Waals surface area contributed by atoms with E-state index in [1.807, 2.05) is 19.1 Å². The number of aliphatic carboxylic acids is 1. The summed E-state index contributed by atoms with van der Waals surface area (Å²) in [5.41, 5.74) is 2.24. The summed E-state index contributed by atoms with van der Waals surface area (Å²) in [6, 6.07) is 5.71. The van der Waals surface area contributed by atoms with Crippen molar-refractivity contribution in [3.05, 3.63) is 44.2 Å². The Bertz CT molecular complexity index is 762. The van der Waals surface area contributed by atoms with Gasteiger partial charge < -0.3 is 9.67 Å². The van der Waals surface area contributed by atoms with Gasteiger partial charge in [-0.3, -0.25) is 9.59 Å².